The Morgan fingerprint density at radius 1 is 1.11 bits per heavy atom. The summed E-state index contributed by atoms with van der Waals surface area (Å²) in [4.78, 5) is 2.54. The van der Waals surface area contributed by atoms with E-state index in [-0.39, 0.29) is 11.5 Å². The smallest absolute Gasteiger partial charge is 0.0746 e. The highest BCUT2D eigenvalue weighted by Gasteiger charge is 2.40. The SMILES string of the molecule is CC(C)CN(CC(C)C)C1CCCC(C)(C)C1O. The molecule has 0 spiro atoms. The van der Waals surface area contributed by atoms with Crippen LogP contribution in [0.4, 0.5) is 0 Å². The second kappa shape index (κ2) is 6.38. The van der Waals surface area contributed by atoms with Crippen LogP contribution in [0.3, 0.4) is 0 Å². The molecule has 1 N–H and O–H groups in total. The topological polar surface area (TPSA) is 23.5 Å². The second-order valence-electron chi connectivity index (χ2n) is 7.63. The van der Waals surface area contributed by atoms with Crippen molar-refractivity contribution in [2.24, 2.45) is 17.3 Å². The van der Waals surface area contributed by atoms with Crippen molar-refractivity contribution in [1.29, 1.82) is 0 Å². The molecule has 108 valence electrons. The summed E-state index contributed by atoms with van der Waals surface area (Å²) in [6.45, 7) is 15.7. The summed E-state index contributed by atoms with van der Waals surface area (Å²) in [7, 11) is 0. The van der Waals surface area contributed by atoms with E-state index >= 15 is 0 Å². The fraction of sp³-hybridized carbons (Fsp3) is 1.00. The normalized spacial score (nSPS) is 28.3. The molecule has 0 amide bonds. The Hall–Kier alpha value is -0.0800. The van der Waals surface area contributed by atoms with Crippen molar-refractivity contribution in [3.05, 3.63) is 0 Å². The van der Waals surface area contributed by atoms with Gasteiger partial charge in [-0.25, -0.2) is 0 Å². The van der Waals surface area contributed by atoms with Crippen molar-refractivity contribution >= 4 is 0 Å². The molecule has 1 fully saturated rings. The van der Waals surface area contributed by atoms with Gasteiger partial charge >= 0.3 is 0 Å². The Balaban J connectivity index is 2.76. The van der Waals surface area contributed by atoms with E-state index in [1.807, 2.05) is 0 Å². The molecule has 0 radical (unpaired) electrons. The Morgan fingerprint density at radius 2 is 1.61 bits per heavy atom. The van der Waals surface area contributed by atoms with E-state index in [1.165, 1.54) is 6.42 Å². The Bertz CT molecular complexity index is 237. The molecule has 0 aliphatic heterocycles. The van der Waals surface area contributed by atoms with Crippen LogP contribution in [0.5, 0.6) is 0 Å². The van der Waals surface area contributed by atoms with Crippen LogP contribution in [0.25, 0.3) is 0 Å². The number of hydrogen-bond acceptors (Lipinski definition) is 2. The van der Waals surface area contributed by atoms with Gasteiger partial charge in [-0.2, -0.15) is 0 Å². The molecule has 0 bridgehead atoms. The molecule has 18 heavy (non-hydrogen) atoms. The average molecular weight is 255 g/mol. The minimum absolute atomic E-state index is 0.0785. The maximum Gasteiger partial charge on any atom is 0.0746 e. The first kappa shape index (κ1) is 16.0. The zero-order valence-electron chi connectivity index (χ0n) is 13.2. The Morgan fingerprint density at radius 3 is 2.06 bits per heavy atom. The summed E-state index contributed by atoms with van der Waals surface area (Å²) >= 11 is 0. The van der Waals surface area contributed by atoms with Crippen LogP contribution in [-0.2, 0) is 0 Å². The predicted molar refractivity (Wildman–Crippen MR) is 78.7 cm³/mol. The van der Waals surface area contributed by atoms with Gasteiger partial charge in [0.1, 0.15) is 0 Å². The van der Waals surface area contributed by atoms with Gasteiger partial charge in [-0.1, -0.05) is 48.0 Å². The largest absolute Gasteiger partial charge is 0.391 e. The number of aliphatic hydroxyl groups is 1. The fourth-order valence-electron chi connectivity index (χ4n) is 3.26. The maximum atomic E-state index is 10.7. The molecule has 2 nitrogen and oxygen atoms in total. The molecule has 2 unspecified atom stereocenters. The minimum Gasteiger partial charge on any atom is -0.391 e. The predicted octanol–water partition coefficient (Wildman–Crippen LogP) is 3.54. The molecular weight excluding hydrogens is 222 g/mol. The zero-order chi connectivity index (χ0) is 13.9. The van der Waals surface area contributed by atoms with Crippen LogP contribution in [0, 0.1) is 17.3 Å². The highest BCUT2D eigenvalue weighted by molar-refractivity contribution is 4.93. The third-order valence-electron chi connectivity index (χ3n) is 4.15. The van der Waals surface area contributed by atoms with E-state index in [0.29, 0.717) is 17.9 Å². The molecule has 0 aromatic rings. The number of nitrogens with zero attached hydrogens (tertiary/aromatic N) is 1. The van der Waals surface area contributed by atoms with Crippen molar-refractivity contribution in [1.82, 2.24) is 4.90 Å². The quantitative estimate of drug-likeness (QED) is 0.812. The van der Waals surface area contributed by atoms with Crippen LogP contribution in [0.1, 0.15) is 60.8 Å². The molecule has 0 heterocycles. The van der Waals surface area contributed by atoms with Crippen molar-refractivity contribution in [2.45, 2.75) is 73.0 Å². The summed E-state index contributed by atoms with van der Waals surface area (Å²) in [5, 5.41) is 10.7. The molecule has 1 aliphatic rings. The number of aliphatic hydroxyl groups excluding tert-OH is 1. The van der Waals surface area contributed by atoms with Crippen molar-refractivity contribution < 1.29 is 5.11 Å². The molecule has 1 aliphatic carbocycles. The lowest BCUT2D eigenvalue weighted by atomic mass is 9.72. The molecule has 1 rings (SSSR count). The summed E-state index contributed by atoms with van der Waals surface area (Å²) in [6.07, 6.45) is 3.39. The van der Waals surface area contributed by atoms with Gasteiger partial charge in [-0.15, -0.1) is 0 Å². The molecule has 2 heteroatoms. The van der Waals surface area contributed by atoms with Crippen molar-refractivity contribution in [3.63, 3.8) is 0 Å². The van der Waals surface area contributed by atoms with Crippen LogP contribution in [0.15, 0.2) is 0 Å². The van der Waals surface area contributed by atoms with Crippen molar-refractivity contribution in [2.75, 3.05) is 13.1 Å². The summed E-state index contributed by atoms with van der Waals surface area (Å²) in [6, 6.07) is 0.360. The van der Waals surface area contributed by atoms with E-state index in [4.69, 9.17) is 0 Å². The molecule has 0 aromatic heterocycles. The van der Waals surface area contributed by atoms with E-state index < -0.39 is 0 Å². The molecule has 0 aromatic carbocycles. The second-order valence-corrected chi connectivity index (χ2v) is 7.63. The lowest BCUT2D eigenvalue weighted by Gasteiger charge is -2.46. The van der Waals surface area contributed by atoms with E-state index in [2.05, 4.69) is 46.4 Å². The minimum atomic E-state index is -0.177. The van der Waals surface area contributed by atoms with Gasteiger partial charge in [0.15, 0.2) is 0 Å². The summed E-state index contributed by atoms with van der Waals surface area (Å²) in [5.74, 6) is 1.34. The van der Waals surface area contributed by atoms with Gasteiger partial charge in [-0.3, -0.25) is 4.90 Å². The first-order valence-corrected chi connectivity index (χ1v) is 7.66. The fourth-order valence-corrected chi connectivity index (χ4v) is 3.26. The van der Waals surface area contributed by atoms with Crippen LogP contribution >= 0.6 is 0 Å². The number of hydrogen-bond donors (Lipinski definition) is 1. The van der Waals surface area contributed by atoms with Crippen LogP contribution in [-0.4, -0.2) is 35.2 Å². The third kappa shape index (κ3) is 4.24. The standard InChI is InChI=1S/C16H33NO/c1-12(2)10-17(11-13(3)4)14-8-7-9-16(5,6)15(14)18/h12-15,18H,7-11H2,1-6H3. The first-order chi connectivity index (χ1) is 8.24. The van der Waals surface area contributed by atoms with Gasteiger partial charge in [0.05, 0.1) is 6.10 Å². The van der Waals surface area contributed by atoms with Gasteiger partial charge in [-0.05, 0) is 30.1 Å². The Labute approximate surface area is 114 Å². The van der Waals surface area contributed by atoms with Gasteiger partial charge in [0.2, 0.25) is 0 Å². The summed E-state index contributed by atoms with van der Waals surface area (Å²) in [5.41, 5.74) is 0.0785. The summed E-state index contributed by atoms with van der Waals surface area (Å²) < 4.78 is 0. The van der Waals surface area contributed by atoms with Crippen LogP contribution < -0.4 is 0 Å². The van der Waals surface area contributed by atoms with Gasteiger partial charge in [0, 0.05) is 19.1 Å². The molecule has 1 saturated carbocycles. The van der Waals surface area contributed by atoms with Gasteiger partial charge < -0.3 is 5.11 Å². The van der Waals surface area contributed by atoms with E-state index in [9.17, 15) is 5.11 Å². The lowest BCUT2D eigenvalue weighted by Crippen LogP contribution is -2.54. The van der Waals surface area contributed by atoms with Crippen LogP contribution in [0.2, 0.25) is 0 Å². The average Bonchev–Trinajstić information content (AvgIpc) is 2.19. The third-order valence-corrected chi connectivity index (χ3v) is 4.15. The highest BCUT2D eigenvalue weighted by Crippen LogP contribution is 2.38. The van der Waals surface area contributed by atoms with E-state index in [1.54, 1.807) is 0 Å². The molecule has 2 atom stereocenters. The monoisotopic (exact) mass is 255 g/mol. The zero-order valence-corrected chi connectivity index (χ0v) is 13.2. The number of rotatable bonds is 5. The van der Waals surface area contributed by atoms with E-state index in [0.717, 1.165) is 25.9 Å². The van der Waals surface area contributed by atoms with Crippen molar-refractivity contribution in [3.8, 4) is 0 Å². The lowest BCUT2D eigenvalue weighted by molar-refractivity contribution is -0.0625. The Kier molecular flexibility index (Phi) is 5.67. The molecular formula is C16H33NO. The van der Waals surface area contributed by atoms with Gasteiger partial charge in [0.25, 0.3) is 0 Å². The maximum absolute atomic E-state index is 10.7. The molecule has 0 saturated heterocycles. The highest BCUT2D eigenvalue weighted by atomic mass is 16.3. The first-order valence-electron chi connectivity index (χ1n) is 7.66.